The van der Waals surface area contributed by atoms with Gasteiger partial charge in [-0.15, -0.1) is 0 Å². The molecule has 0 saturated heterocycles. The smallest absolute Gasteiger partial charge is 0.305 e. The van der Waals surface area contributed by atoms with Crippen LogP contribution in [0, 0.1) is 0 Å². The van der Waals surface area contributed by atoms with Gasteiger partial charge >= 0.3 is 5.97 Å². The Morgan fingerprint density at radius 2 is 1.95 bits per heavy atom. The lowest BCUT2D eigenvalue weighted by molar-refractivity contribution is -0.143. The molecule has 0 amide bonds. The quantitative estimate of drug-likeness (QED) is 0.387. The number of unbranched alkanes of at least 4 members (excludes halogenated alkanes) is 2. The van der Waals surface area contributed by atoms with E-state index in [0.717, 1.165) is 31.4 Å². The third kappa shape index (κ3) is 12.5. The number of hydrogen-bond donors (Lipinski definition) is 0. The van der Waals surface area contributed by atoms with Crippen molar-refractivity contribution in [2.45, 2.75) is 70.5 Å². The summed E-state index contributed by atoms with van der Waals surface area (Å²) >= 11 is 1.78. The van der Waals surface area contributed by atoms with Crippen LogP contribution in [0.1, 0.15) is 58.8 Å². The molecule has 114 valence electrons. The van der Waals surface area contributed by atoms with Gasteiger partial charge in [0.2, 0.25) is 6.43 Å². The van der Waals surface area contributed by atoms with Crippen LogP contribution >= 0.6 is 11.8 Å². The van der Waals surface area contributed by atoms with Crippen LogP contribution in [-0.2, 0) is 9.53 Å². The molecule has 0 saturated carbocycles. The normalized spacial score (nSPS) is 12.7. The predicted octanol–water partition coefficient (Wildman–Crippen LogP) is 4.67. The molecule has 0 aliphatic heterocycles. The van der Waals surface area contributed by atoms with Crippen LogP contribution in [0.4, 0.5) is 8.78 Å². The number of rotatable bonds is 12. The van der Waals surface area contributed by atoms with Gasteiger partial charge < -0.3 is 4.74 Å². The molecule has 1 atom stereocenters. The van der Waals surface area contributed by atoms with Gasteiger partial charge in [0.1, 0.15) is 6.61 Å². The summed E-state index contributed by atoms with van der Waals surface area (Å²) in [5.74, 6) is 0.825. The van der Waals surface area contributed by atoms with Gasteiger partial charge in [-0.05, 0) is 31.4 Å². The van der Waals surface area contributed by atoms with Crippen molar-refractivity contribution in [2.75, 3.05) is 12.4 Å². The van der Waals surface area contributed by atoms with Gasteiger partial charge in [0.15, 0.2) is 0 Å². The first-order chi connectivity index (χ1) is 9.10. The SMILES string of the molecule is CCCC(=O)OCC(CC)SCCCCCC(F)F. The molecule has 0 N–H and O–H groups in total. The highest BCUT2D eigenvalue weighted by molar-refractivity contribution is 7.99. The Bertz CT molecular complexity index is 225. The molecule has 0 fully saturated rings. The summed E-state index contributed by atoms with van der Waals surface area (Å²) in [6.45, 7) is 4.49. The fourth-order valence-electron chi connectivity index (χ4n) is 1.57. The van der Waals surface area contributed by atoms with E-state index >= 15 is 0 Å². The van der Waals surface area contributed by atoms with Crippen molar-refractivity contribution >= 4 is 17.7 Å². The average Bonchev–Trinajstić information content (AvgIpc) is 2.37. The fourth-order valence-corrected chi connectivity index (χ4v) is 2.68. The summed E-state index contributed by atoms with van der Waals surface area (Å²) in [7, 11) is 0. The summed E-state index contributed by atoms with van der Waals surface area (Å²) in [5.41, 5.74) is 0. The van der Waals surface area contributed by atoms with Crippen molar-refractivity contribution in [2.24, 2.45) is 0 Å². The summed E-state index contributed by atoms with van der Waals surface area (Å²) in [5, 5.41) is 0.330. The van der Waals surface area contributed by atoms with Crippen LogP contribution in [0.5, 0.6) is 0 Å². The average molecular weight is 296 g/mol. The first kappa shape index (κ1) is 18.7. The molecular formula is C14H26F2O2S. The lowest BCUT2D eigenvalue weighted by Crippen LogP contribution is -2.15. The molecule has 0 heterocycles. The van der Waals surface area contributed by atoms with Gasteiger partial charge in [-0.3, -0.25) is 4.79 Å². The van der Waals surface area contributed by atoms with Gasteiger partial charge in [0, 0.05) is 18.1 Å². The topological polar surface area (TPSA) is 26.3 Å². The van der Waals surface area contributed by atoms with Crippen molar-refractivity contribution in [3.63, 3.8) is 0 Å². The Balaban J connectivity index is 3.51. The number of carbonyl (C=O) groups is 1. The molecule has 0 aliphatic carbocycles. The molecule has 5 heteroatoms. The minimum atomic E-state index is -2.17. The Labute approximate surface area is 119 Å². The van der Waals surface area contributed by atoms with Gasteiger partial charge in [-0.25, -0.2) is 8.78 Å². The van der Waals surface area contributed by atoms with Crippen molar-refractivity contribution in [1.82, 2.24) is 0 Å². The van der Waals surface area contributed by atoms with E-state index < -0.39 is 6.43 Å². The standard InChI is InChI=1S/C14H26F2O2S/c1-3-8-14(17)18-11-12(4-2)19-10-7-5-6-9-13(15)16/h12-13H,3-11H2,1-2H3. The second-order valence-corrected chi connectivity index (χ2v) is 5.98. The Morgan fingerprint density at radius 1 is 1.21 bits per heavy atom. The largest absolute Gasteiger partial charge is 0.464 e. The molecule has 0 aromatic heterocycles. The number of thioether (sulfide) groups is 1. The third-order valence-corrected chi connectivity index (χ3v) is 4.23. The van der Waals surface area contributed by atoms with E-state index in [1.165, 1.54) is 0 Å². The van der Waals surface area contributed by atoms with Gasteiger partial charge in [0.05, 0.1) is 0 Å². The third-order valence-electron chi connectivity index (χ3n) is 2.76. The minimum absolute atomic E-state index is 0.0104. The summed E-state index contributed by atoms with van der Waals surface area (Å²) in [6.07, 6.45) is 2.49. The van der Waals surface area contributed by atoms with Crippen LogP contribution in [0.3, 0.4) is 0 Å². The molecule has 2 nitrogen and oxygen atoms in total. The molecule has 0 radical (unpaired) electrons. The molecular weight excluding hydrogens is 270 g/mol. The maximum absolute atomic E-state index is 11.9. The number of halogens is 2. The van der Waals surface area contributed by atoms with E-state index in [0.29, 0.717) is 24.7 Å². The van der Waals surface area contributed by atoms with Crippen LogP contribution < -0.4 is 0 Å². The van der Waals surface area contributed by atoms with Crippen molar-refractivity contribution in [1.29, 1.82) is 0 Å². The minimum Gasteiger partial charge on any atom is -0.464 e. The summed E-state index contributed by atoms with van der Waals surface area (Å²) < 4.78 is 29.0. The maximum Gasteiger partial charge on any atom is 0.305 e. The van der Waals surface area contributed by atoms with Crippen LogP contribution in [0.2, 0.25) is 0 Å². The van der Waals surface area contributed by atoms with Crippen molar-refractivity contribution in [3.05, 3.63) is 0 Å². The molecule has 19 heavy (non-hydrogen) atoms. The van der Waals surface area contributed by atoms with E-state index in [4.69, 9.17) is 4.74 Å². The Hall–Kier alpha value is -0.320. The number of esters is 1. The highest BCUT2D eigenvalue weighted by atomic mass is 32.2. The molecule has 0 bridgehead atoms. The molecule has 0 aromatic rings. The van der Waals surface area contributed by atoms with E-state index in [9.17, 15) is 13.6 Å². The zero-order valence-corrected chi connectivity index (χ0v) is 12.8. The predicted molar refractivity (Wildman–Crippen MR) is 76.9 cm³/mol. The molecule has 0 rings (SSSR count). The van der Waals surface area contributed by atoms with E-state index in [2.05, 4.69) is 6.92 Å². The maximum atomic E-state index is 11.9. The van der Waals surface area contributed by atoms with E-state index in [1.807, 2.05) is 6.92 Å². The molecule has 1 unspecified atom stereocenters. The highest BCUT2D eigenvalue weighted by Gasteiger charge is 2.10. The lowest BCUT2D eigenvalue weighted by atomic mass is 10.2. The second-order valence-electron chi connectivity index (χ2n) is 4.57. The zero-order valence-electron chi connectivity index (χ0n) is 12.0. The van der Waals surface area contributed by atoms with Crippen molar-refractivity contribution in [3.8, 4) is 0 Å². The number of ether oxygens (including phenoxy) is 1. The molecule has 0 spiro atoms. The van der Waals surface area contributed by atoms with Gasteiger partial charge in [-0.1, -0.05) is 20.3 Å². The van der Waals surface area contributed by atoms with Gasteiger partial charge in [0.25, 0.3) is 0 Å². The zero-order chi connectivity index (χ0) is 14.5. The van der Waals surface area contributed by atoms with E-state index in [1.54, 1.807) is 11.8 Å². The van der Waals surface area contributed by atoms with Crippen LogP contribution in [-0.4, -0.2) is 30.0 Å². The summed E-state index contributed by atoms with van der Waals surface area (Å²) in [4.78, 5) is 11.2. The van der Waals surface area contributed by atoms with Crippen LogP contribution in [0.15, 0.2) is 0 Å². The van der Waals surface area contributed by atoms with Gasteiger partial charge in [-0.2, -0.15) is 11.8 Å². The first-order valence-corrected chi connectivity index (χ1v) is 8.20. The number of alkyl halides is 2. The highest BCUT2D eigenvalue weighted by Crippen LogP contribution is 2.18. The Morgan fingerprint density at radius 3 is 2.53 bits per heavy atom. The number of hydrogen-bond acceptors (Lipinski definition) is 3. The molecule has 0 aromatic carbocycles. The van der Waals surface area contributed by atoms with Crippen molar-refractivity contribution < 1.29 is 18.3 Å². The lowest BCUT2D eigenvalue weighted by Gasteiger charge is -2.14. The summed E-state index contributed by atoms with van der Waals surface area (Å²) in [6, 6.07) is 0. The second kappa shape index (κ2) is 12.7. The molecule has 0 aliphatic rings. The monoisotopic (exact) mass is 296 g/mol. The Kier molecular flexibility index (Phi) is 12.5. The van der Waals surface area contributed by atoms with E-state index in [-0.39, 0.29) is 12.4 Å². The number of carbonyl (C=O) groups excluding carboxylic acids is 1. The van der Waals surface area contributed by atoms with Crippen LogP contribution in [0.25, 0.3) is 0 Å². The fraction of sp³-hybridized carbons (Fsp3) is 0.929. The first-order valence-electron chi connectivity index (χ1n) is 7.15.